The molecule has 0 fully saturated rings. The Hall–Kier alpha value is -3.28. The van der Waals surface area contributed by atoms with Gasteiger partial charge < -0.3 is 14.5 Å². The summed E-state index contributed by atoms with van der Waals surface area (Å²) in [6.45, 7) is 0. The molecule has 3 aromatic carbocycles. The smallest absolute Gasteiger partial charge is 0.326 e. The van der Waals surface area contributed by atoms with Crippen LogP contribution in [-0.4, -0.2) is 16.8 Å². The number of aromatic nitrogens is 1. The number of nitrogens with one attached hydrogen (secondary N) is 1. The highest BCUT2D eigenvalue weighted by atomic mass is 35.5. The molecule has 30 heavy (non-hydrogen) atoms. The molecule has 0 unspecified atom stereocenters. The monoisotopic (exact) mass is 439 g/mol. The summed E-state index contributed by atoms with van der Waals surface area (Å²) in [5, 5.41) is 0.973. The Labute approximate surface area is 181 Å². The van der Waals surface area contributed by atoms with Crippen molar-refractivity contribution in [3.63, 3.8) is 0 Å². The number of carbonyl (C=O) groups is 1. The van der Waals surface area contributed by atoms with Gasteiger partial charge in [0.25, 0.3) is 5.56 Å². The summed E-state index contributed by atoms with van der Waals surface area (Å²) in [6, 6.07) is 21.2. The van der Waals surface area contributed by atoms with E-state index in [1.807, 2.05) is 30.3 Å². The fraction of sp³-hybridized carbons (Fsp3) is 0.0435. The second kappa shape index (κ2) is 8.61. The molecule has 7 heteroatoms. The van der Waals surface area contributed by atoms with E-state index in [4.69, 9.17) is 32.7 Å². The zero-order valence-electron chi connectivity index (χ0n) is 15.5. The first-order valence-electron chi connectivity index (χ1n) is 9.00. The summed E-state index contributed by atoms with van der Waals surface area (Å²) in [5.74, 6) is 0.289. The Bertz CT molecular complexity index is 1290. The summed E-state index contributed by atoms with van der Waals surface area (Å²) in [5.41, 5.74) is 0.741. The number of alkyl halides is 1. The minimum atomic E-state index is -0.670. The predicted molar refractivity (Wildman–Crippen MR) is 118 cm³/mol. The average Bonchev–Trinajstić information content (AvgIpc) is 2.74. The van der Waals surface area contributed by atoms with Gasteiger partial charge in [0.2, 0.25) is 0 Å². The number of benzene rings is 3. The van der Waals surface area contributed by atoms with Gasteiger partial charge in [0, 0.05) is 10.4 Å². The van der Waals surface area contributed by atoms with Crippen LogP contribution in [0.15, 0.2) is 77.6 Å². The van der Waals surface area contributed by atoms with Crippen LogP contribution in [0.25, 0.3) is 22.0 Å². The molecule has 4 aromatic rings. The molecule has 0 aliphatic rings. The third kappa shape index (κ3) is 4.17. The number of aromatic amines is 1. The van der Waals surface area contributed by atoms with Crippen LogP contribution in [0.3, 0.4) is 0 Å². The molecular formula is C23H15Cl2NO4. The van der Waals surface area contributed by atoms with Gasteiger partial charge in [0.1, 0.15) is 17.4 Å². The van der Waals surface area contributed by atoms with Crippen molar-refractivity contribution in [2.45, 2.75) is 0 Å². The molecule has 0 amide bonds. The number of ether oxygens (including phenoxy) is 2. The summed E-state index contributed by atoms with van der Waals surface area (Å²) in [6.07, 6.45) is 0. The molecule has 5 nitrogen and oxygen atoms in total. The lowest BCUT2D eigenvalue weighted by atomic mass is 10.0. The summed E-state index contributed by atoms with van der Waals surface area (Å²) >= 11 is 11.7. The van der Waals surface area contributed by atoms with Crippen molar-refractivity contribution in [3.05, 3.63) is 88.2 Å². The van der Waals surface area contributed by atoms with Gasteiger partial charge in [-0.3, -0.25) is 9.59 Å². The Morgan fingerprint density at radius 1 is 0.933 bits per heavy atom. The Morgan fingerprint density at radius 2 is 1.70 bits per heavy atom. The predicted octanol–water partition coefficient (Wildman–Crippen LogP) is 5.79. The second-order valence-electron chi connectivity index (χ2n) is 6.40. The van der Waals surface area contributed by atoms with E-state index in [0.29, 0.717) is 33.0 Å². The molecule has 150 valence electrons. The van der Waals surface area contributed by atoms with Gasteiger partial charge >= 0.3 is 5.97 Å². The number of hydrogen-bond acceptors (Lipinski definition) is 4. The lowest BCUT2D eigenvalue weighted by Gasteiger charge is -2.13. The van der Waals surface area contributed by atoms with E-state index < -0.39 is 11.5 Å². The molecule has 4 rings (SSSR count). The zero-order valence-corrected chi connectivity index (χ0v) is 17.0. The summed E-state index contributed by atoms with van der Waals surface area (Å²) in [7, 11) is 0. The number of para-hydroxylation sites is 1. The third-order valence-electron chi connectivity index (χ3n) is 4.36. The van der Waals surface area contributed by atoms with Crippen molar-refractivity contribution in [1.82, 2.24) is 4.98 Å². The fourth-order valence-electron chi connectivity index (χ4n) is 3.09. The third-order valence-corrected chi connectivity index (χ3v) is 4.81. The highest BCUT2D eigenvalue weighted by Crippen LogP contribution is 2.36. The van der Waals surface area contributed by atoms with E-state index in [9.17, 15) is 9.59 Å². The largest absolute Gasteiger partial charge is 0.457 e. The van der Waals surface area contributed by atoms with Crippen molar-refractivity contribution in [1.29, 1.82) is 0 Å². The van der Waals surface area contributed by atoms with E-state index in [1.165, 1.54) is 0 Å². The van der Waals surface area contributed by atoms with Gasteiger partial charge in [-0.05, 0) is 48.0 Å². The zero-order chi connectivity index (χ0) is 21.1. The molecule has 1 N–H and O–H groups in total. The van der Waals surface area contributed by atoms with E-state index >= 15 is 0 Å². The number of hydrogen-bond donors (Lipinski definition) is 1. The van der Waals surface area contributed by atoms with Crippen LogP contribution >= 0.6 is 23.2 Å². The van der Waals surface area contributed by atoms with Gasteiger partial charge in [0.05, 0.1) is 11.1 Å². The maximum Gasteiger partial charge on any atom is 0.326 e. The van der Waals surface area contributed by atoms with Crippen molar-refractivity contribution in [2.75, 3.05) is 5.88 Å². The van der Waals surface area contributed by atoms with Gasteiger partial charge in [-0.15, -0.1) is 11.6 Å². The highest BCUT2D eigenvalue weighted by Gasteiger charge is 2.19. The molecule has 0 saturated heterocycles. The minimum Gasteiger partial charge on any atom is -0.457 e. The van der Waals surface area contributed by atoms with E-state index in [-0.39, 0.29) is 17.2 Å². The van der Waals surface area contributed by atoms with Crippen LogP contribution < -0.4 is 15.0 Å². The lowest BCUT2D eigenvalue weighted by Crippen LogP contribution is -2.16. The fourth-order valence-corrected chi connectivity index (χ4v) is 3.32. The number of rotatable bonds is 5. The molecule has 0 aliphatic heterocycles. The number of esters is 1. The van der Waals surface area contributed by atoms with E-state index in [0.717, 1.165) is 0 Å². The molecule has 0 bridgehead atoms. The Balaban J connectivity index is 1.87. The molecule has 0 atom stereocenters. The molecule has 1 heterocycles. The van der Waals surface area contributed by atoms with Crippen molar-refractivity contribution in [3.8, 4) is 28.4 Å². The summed E-state index contributed by atoms with van der Waals surface area (Å²) in [4.78, 5) is 27.7. The number of halogens is 2. The van der Waals surface area contributed by atoms with Gasteiger partial charge in [-0.1, -0.05) is 41.9 Å². The molecule has 1 aromatic heterocycles. The topological polar surface area (TPSA) is 68.4 Å². The van der Waals surface area contributed by atoms with Crippen LogP contribution in [0.4, 0.5) is 0 Å². The second-order valence-corrected chi connectivity index (χ2v) is 7.10. The van der Waals surface area contributed by atoms with Crippen LogP contribution in [-0.2, 0) is 4.79 Å². The first-order chi connectivity index (χ1) is 14.5. The van der Waals surface area contributed by atoms with Gasteiger partial charge in [0.15, 0.2) is 5.75 Å². The van der Waals surface area contributed by atoms with Crippen molar-refractivity contribution < 1.29 is 14.3 Å². The first kappa shape index (κ1) is 20.0. The minimum absolute atomic E-state index is 0.118. The number of carbonyl (C=O) groups excluding carboxylic acids is 1. The van der Waals surface area contributed by atoms with E-state index in [2.05, 4.69) is 4.98 Å². The Morgan fingerprint density at radius 3 is 2.47 bits per heavy atom. The molecule has 0 aliphatic carbocycles. The molecular weight excluding hydrogens is 425 g/mol. The SMILES string of the molecule is O=C(CCl)Oc1c(-c2cccc(Oc3ccccc3)c2)c(=O)[nH]c2cc(Cl)ccc12. The maximum atomic E-state index is 12.9. The van der Waals surface area contributed by atoms with Crippen LogP contribution in [0.1, 0.15) is 0 Å². The van der Waals surface area contributed by atoms with Gasteiger partial charge in [-0.2, -0.15) is 0 Å². The Kier molecular flexibility index (Phi) is 5.74. The maximum absolute atomic E-state index is 12.9. The number of pyridine rings is 1. The van der Waals surface area contributed by atoms with Crippen LogP contribution in [0, 0.1) is 0 Å². The standard InChI is InChI=1S/C23H15Cl2NO4/c24-13-20(27)30-22-18-10-9-15(25)12-19(18)26-23(28)21(22)14-5-4-8-17(11-14)29-16-6-2-1-3-7-16/h1-12H,13H2,(H,26,28). The molecule has 0 saturated carbocycles. The van der Waals surface area contributed by atoms with Crippen LogP contribution in [0.5, 0.6) is 17.2 Å². The molecule has 0 spiro atoms. The number of fused-ring (bicyclic) bond motifs is 1. The quantitative estimate of drug-likeness (QED) is 0.315. The first-order valence-corrected chi connectivity index (χ1v) is 9.92. The van der Waals surface area contributed by atoms with Crippen LogP contribution in [0.2, 0.25) is 5.02 Å². The van der Waals surface area contributed by atoms with E-state index in [1.54, 1.807) is 42.5 Å². The molecule has 0 radical (unpaired) electrons. The average molecular weight is 440 g/mol. The highest BCUT2D eigenvalue weighted by molar-refractivity contribution is 6.31. The summed E-state index contributed by atoms with van der Waals surface area (Å²) < 4.78 is 11.3. The number of H-pyrrole nitrogens is 1. The van der Waals surface area contributed by atoms with Crippen molar-refractivity contribution in [2.24, 2.45) is 0 Å². The van der Waals surface area contributed by atoms with Gasteiger partial charge in [-0.25, -0.2) is 0 Å². The van der Waals surface area contributed by atoms with Crippen molar-refractivity contribution >= 4 is 40.1 Å². The normalized spacial score (nSPS) is 10.7. The lowest BCUT2D eigenvalue weighted by molar-refractivity contribution is -0.131.